The van der Waals surface area contributed by atoms with Crippen LogP contribution in [-0.2, 0) is 14.3 Å². The molecule has 0 aromatic carbocycles. The number of nitrogens with zero attached hydrogens (tertiary/aromatic N) is 2. The lowest BCUT2D eigenvalue weighted by molar-refractivity contribution is -0.139. The van der Waals surface area contributed by atoms with E-state index in [-0.39, 0.29) is 17.9 Å². The number of hydrogen-bond donors (Lipinski definition) is 0. The molecule has 0 aliphatic carbocycles. The van der Waals surface area contributed by atoms with Crippen molar-refractivity contribution in [1.82, 2.24) is 9.80 Å². The topological polar surface area (TPSA) is 49.9 Å². The van der Waals surface area contributed by atoms with Crippen molar-refractivity contribution in [3.8, 4) is 0 Å². The molecule has 0 spiro atoms. The molecular formula is C16H22N2O3S. The Balaban J connectivity index is 1.52. The van der Waals surface area contributed by atoms with Gasteiger partial charge in [0.15, 0.2) is 0 Å². The van der Waals surface area contributed by atoms with Gasteiger partial charge in [-0.2, -0.15) is 11.3 Å². The zero-order chi connectivity index (χ0) is 15.4. The van der Waals surface area contributed by atoms with Crippen molar-refractivity contribution in [2.45, 2.75) is 31.7 Å². The van der Waals surface area contributed by atoms with E-state index in [2.05, 4.69) is 16.8 Å². The zero-order valence-corrected chi connectivity index (χ0v) is 13.5. The fourth-order valence-corrected chi connectivity index (χ4v) is 3.91. The van der Waals surface area contributed by atoms with Crippen molar-refractivity contribution < 1.29 is 14.3 Å². The third kappa shape index (κ3) is 3.50. The Morgan fingerprint density at radius 2 is 1.95 bits per heavy atom. The molecule has 22 heavy (non-hydrogen) atoms. The molecular weight excluding hydrogens is 300 g/mol. The molecule has 0 saturated carbocycles. The van der Waals surface area contributed by atoms with Crippen LogP contribution in [0.2, 0.25) is 0 Å². The molecule has 1 aromatic rings. The Morgan fingerprint density at radius 1 is 1.18 bits per heavy atom. The fourth-order valence-electron chi connectivity index (χ4n) is 3.20. The predicted molar refractivity (Wildman–Crippen MR) is 84.6 cm³/mol. The molecule has 120 valence electrons. The van der Waals surface area contributed by atoms with E-state index >= 15 is 0 Å². The Morgan fingerprint density at radius 3 is 2.68 bits per heavy atom. The Hall–Kier alpha value is -1.40. The van der Waals surface area contributed by atoms with E-state index in [0.717, 1.165) is 19.4 Å². The standard InChI is InChI=1S/C16H22N2O3S/c19-15(17-7-9-21-10-8-17)3-4-16(20)18-6-1-2-14(18)13-5-11-22-12-13/h5,11-12,14H,1-4,6-10H2/t14-/m0/s1. The largest absolute Gasteiger partial charge is 0.378 e. The monoisotopic (exact) mass is 322 g/mol. The van der Waals surface area contributed by atoms with Crippen LogP contribution in [0.15, 0.2) is 16.8 Å². The number of carbonyl (C=O) groups excluding carboxylic acids is 2. The summed E-state index contributed by atoms with van der Waals surface area (Å²) in [5, 5.41) is 4.17. The van der Waals surface area contributed by atoms with Crippen LogP contribution in [0.1, 0.15) is 37.3 Å². The van der Waals surface area contributed by atoms with Crippen LogP contribution < -0.4 is 0 Å². The number of hydrogen-bond acceptors (Lipinski definition) is 4. The minimum atomic E-state index is 0.0722. The van der Waals surface area contributed by atoms with E-state index in [0.29, 0.717) is 39.1 Å². The second-order valence-corrected chi connectivity index (χ2v) is 6.58. The minimum Gasteiger partial charge on any atom is -0.378 e. The highest BCUT2D eigenvalue weighted by molar-refractivity contribution is 7.07. The summed E-state index contributed by atoms with van der Waals surface area (Å²) in [6, 6.07) is 2.30. The molecule has 1 atom stereocenters. The summed E-state index contributed by atoms with van der Waals surface area (Å²) in [6.45, 7) is 3.31. The van der Waals surface area contributed by atoms with Gasteiger partial charge in [-0.1, -0.05) is 0 Å². The van der Waals surface area contributed by atoms with Gasteiger partial charge in [0.05, 0.1) is 19.3 Å². The van der Waals surface area contributed by atoms with Gasteiger partial charge in [0.2, 0.25) is 11.8 Å². The van der Waals surface area contributed by atoms with Crippen LogP contribution in [0.4, 0.5) is 0 Å². The predicted octanol–water partition coefficient (Wildman–Crippen LogP) is 2.05. The highest BCUT2D eigenvalue weighted by Gasteiger charge is 2.30. The SMILES string of the molecule is O=C(CCC(=O)N1CCC[C@H]1c1ccsc1)N1CCOCC1. The third-order valence-corrected chi connectivity index (χ3v) is 5.12. The highest BCUT2D eigenvalue weighted by atomic mass is 32.1. The molecule has 1 aromatic heterocycles. The van der Waals surface area contributed by atoms with Gasteiger partial charge in [-0.3, -0.25) is 9.59 Å². The van der Waals surface area contributed by atoms with E-state index in [1.807, 2.05) is 4.90 Å². The molecule has 0 unspecified atom stereocenters. The van der Waals surface area contributed by atoms with Crippen LogP contribution in [0.25, 0.3) is 0 Å². The van der Waals surface area contributed by atoms with Gasteiger partial charge in [-0.15, -0.1) is 0 Å². The summed E-state index contributed by atoms with van der Waals surface area (Å²) in [7, 11) is 0. The van der Waals surface area contributed by atoms with Crippen molar-refractivity contribution in [1.29, 1.82) is 0 Å². The smallest absolute Gasteiger partial charge is 0.223 e. The van der Waals surface area contributed by atoms with E-state index in [9.17, 15) is 9.59 Å². The molecule has 2 aliphatic heterocycles. The summed E-state index contributed by atoms with van der Waals surface area (Å²) >= 11 is 1.67. The Labute approximate surface area is 134 Å². The van der Waals surface area contributed by atoms with Crippen molar-refractivity contribution >= 4 is 23.2 Å². The first-order valence-corrected chi connectivity index (χ1v) is 8.87. The lowest BCUT2D eigenvalue weighted by Gasteiger charge is -2.28. The first kappa shape index (κ1) is 15.5. The summed E-state index contributed by atoms with van der Waals surface area (Å²) in [5.41, 5.74) is 1.23. The number of thiophene rings is 1. The molecule has 3 heterocycles. The summed E-state index contributed by atoms with van der Waals surface area (Å²) < 4.78 is 5.24. The Bertz CT molecular complexity index is 511. The van der Waals surface area contributed by atoms with Crippen LogP contribution in [0, 0.1) is 0 Å². The average molecular weight is 322 g/mol. The normalized spacial score (nSPS) is 22.1. The molecule has 0 bridgehead atoms. The minimum absolute atomic E-state index is 0.0722. The summed E-state index contributed by atoms with van der Waals surface area (Å²) in [5.74, 6) is 0.179. The number of rotatable bonds is 4. The van der Waals surface area contributed by atoms with Crippen molar-refractivity contribution in [3.05, 3.63) is 22.4 Å². The average Bonchev–Trinajstić information content (AvgIpc) is 3.23. The quantitative estimate of drug-likeness (QED) is 0.852. The van der Waals surface area contributed by atoms with Gasteiger partial charge in [-0.05, 0) is 35.2 Å². The molecule has 6 heteroatoms. The Kier molecular flexibility index (Phi) is 5.10. The van der Waals surface area contributed by atoms with Gasteiger partial charge >= 0.3 is 0 Å². The van der Waals surface area contributed by atoms with Crippen molar-refractivity contribution in [3.63, 3.8) is 0 Å². The van der Waals surface area contributed by atoms with Gasteiger partial charge < -0.3 is 14.5 Å². The summed E-state index contributed by atoms with van der Waals surface area (Å²) in [6.07, 6.45) is 2.70. The lowest BCUT2D eigenvalue weighted by Crippen LogP contribution is -2.41. The lowest BCUT2D eigenvalue weighted by atomic mass is 10.1. The second-order valence-electron chi connectivity index (χ2n) is 5.80. The third-order valence-electron chi connectivity index (χ3n) is 4.42. The number of morpholine rings is 1. The van der Waals surface area contributed by atoms with Crippen LogP contribution in [0.5, 0.6) is 0 Å². The molecule has 2 saturated heterocycles. The zero-order valence-electron chi connectivity index (χ0n) is 12.7. The summed E-state index contributed by atoms with van der Waals surface area (Å²) in [4.78, 5) is 28.4. The fraction of sp³-hybridized carbons (Fsp3) is 0.625. The maximum atomic E-state index is 12.5. The van der Waals surface area contributed by atoms with Gasteiger partial charge in [0.1, 0.15) is 0 Å². The van der Waals surface area contributed by atoms with Crippen LogP contribution in [0.3, 0.4) is 0 Å². The van der Waals surface area contributed by atoms with Gasteiger partial charge in [-0.25, -0.2) is 0 Å². The van der Waals surface area contributed by atoms with Gasteiger partial charge in [0.25, 0.3) is 0 Å². The molecule has 2 fully saturated rings. The molecule has 0 N–H and O–H groups in total. The van der Waals surface area contributed by atoms with E-state index in [4.69, 9.17) is 4.74 Å². The number of amides is 2. The molecule has 0 radical (unpaired) electrons. The first-order chi connectivity index (χ1) is 10.8. The van der Waals surface area contributed by atoms with Gasteiger partial charge in [0, 0.05) is 32.5 Å². The van der Waals surface area contributed by atoms with E-state index in [1.54, 1.807) is 16.2 Å². The maximum absolute atomic E-state index is 12.5. The van der Waals surface area contributed by atoms with E-state index in [1.165, 1.54) is 5.56 Å². The van der Waals surface area contributed by atoms with Crippen molar-refractivity contribution in [2.24, 2.45) is 0 Å². The molecule has 5 nitrogen and oxygen atoms in total. The number of likely N-dealkylation sites (tertiary alicyclic amines) is 1. The van der Waals surface area contributed by atoms with E-state index < -0.39 is 0 Å². The van der Waals surface area contributed by atoms with Crippen LogP contribution >= 0.6 is 11.3 Å². The molecule has 3 rings (SSSR count). The number of ether oxygens (including phenoxy) is 1. The number of carbonyl (C=O) groups is 2. The van der Waals surface area contributed by atoms with Crippen LogP contribution in [-0.4, -0.2) is 54.5 Å². The first-order valence-electron chi connectivity index (χ1n) is 7.93. The molecule has 2 amide bonds. The molecule has 2 aliphatic rings. The highest BCUT2D eigenvalue weighted by Crippen LogP contribution is 2.33. The maximum Gasteiger partial charge on any atom is 0.223 e. The second kappa shape index (κ2) is 7.24. The van der Waals surface area contributed by atoms with Crippen molar-refractivity contribution in [2.75, 3.05) is 32.8 Å².